The van der Waals surface area contributed by atoms with Crippen molar-refractivity contribution >= 4 is 23.2 Å². The van der Waals surface area contributed by atoms with E-state index in [1.165, 1.54) is 25.7 Å². The summed E-state index contributed by atoms with van der Waals surface area (Å²) in [7, 11) is 0. The summed E-state index contributed by atoms with van der Waals surface area (Å²) in [5, 5.41) is 3.52. The number of hydrogen-bond acceptors (Lipinski definition) is 2. The number of nitrogens with one attached hydrogen (secondary N) is 1. The summed E-state index contributed by atoms with van der Waals surface area (Å²) < 4.78 is 0. The van der Waals surface area contributed by atoms with E-state index < -0.39 is 0 Å². The van der Waals surface area contributed by atoms with Crippen LogP contribution in [0.2, 0.25) is 5.02 Å². The van der Waals surface area contributed by atoms with Crippen molar-refractivity contribution in [2.75, 3.05) is 11.9 Å². The summed E-state index contributed by atoms with van der Waals surface area (Å²) in [6, 6.07) is 5.41. The van der Waals surface area contributed by atoms with Gasteiger partial charge in [0.1, 0.15) is 0 Å². The van der Waals surface area contributed by atoms with Crippen LogP contribution in [0.5, 0.6) is 0 Å². The maximum Gasteiger partial charge on any atom is 0.228 e. The molecule has 0 heterocycles. The van der Waals surface area contributed by atoms with Gasteiger partial charge in [-0.1, -0.05) is 36.3 Å². The fourth-order valence-corrected chi connectivity index (χ4v) is 3.61. The molecule has 2 atom stereocenters. The molecule has 4 heteroatoms. The highest BCUT2D eigenvalue weighted by Crippen LogP contribution is 2.55. The predicted octanol–water partition coefficient (Wildman–Crippen LogP) is 3.02. The Bertz CT molecular complexity index is 605. The predicted molar refractivity (Wildman–Crippen MR) is 85.0 cm³/mol. The minimum absolute atomic E-state index is 0.109. The highest BCUT2D eigenvalue weighted by molar-refractivity contribution is 6.33. The van der Waals surface area contributed by atoms with E-state index in [-0.39, 0.29) is 11.8 Å². The van der Waals surface area contributed by atoms with Gasteiger partial charge in [-0.2, -0.15) is 0 Å². The molecule has 0 aromatic heterocycles. The Morgan fingerprint density at radius 2 is 2.05 bits per heavy atom. The number of rotatable bonds is 2. The Labute approximate surface area is 130 Å². The zero-order valence-corrected chi connectivity index (χ0v) is 12.6. The minimum atomic E-state index is 0.109. The molecule has 0 aliphatic heterocycles. The van der Waals surface area contributed by atoms with Gasteiger partial charge < -0.3 is 11.1 Å². The molecule has 2 saturated carbocycles. The van der Waals surface area contributed by atoms with E-state index in [9.17, 15) is 4.79 Å². The number of halogens is 1. The zero-order valence-electron chi connectivity index (χ0n) is 11.9. The van der Waals surface area contributed by atoms with Crippen molar-refractivity contribution in [3.8, 4) is 11.8 Å². The van der Waals surface area contributed by atoms with Crippen LogP contribution < -0.4 is 11.1 Å². The molecule has 2 aliphatic rings. The molecule has 0 radical (unpaired) electrons. The first kappa shape index (κ1) is 14.4. The van der Waals surface area contributed by atoms with Crippen LogP contribution in [0.25, 0.3) is 0 Å². The van der Waals surface area contributed by atoms with Gasteiger partial charge in [-0.3, -0.25) is 4.79 Å². The first-order valence-corrected chi connectivity index (χ1v) is 7.88. The second kappa shape index (κ2) is 6.09. The van der Waals surface area contributed by atoms with Crippen LogP contribution in [0.15, 0.2) is 18.2 Å². The summed E-state index contributed by atoms with van der Waals surface area (Å²) in [6.07, 6.45) is 4.91. The van der Waals surface area contributed by atoms with Crippen molar-refractivity contribution in [2.24, 2.45) is 23.5 Å². The molecule has 3 nitrogen and oxygen atoms in total. The van der Waals surface area contributed by atoms with E-state index in [1.807, 2.05) is 12.1 Å². The van der Waals surface area contributed by atoms with Crippen molar-refractivity contribution in [1.29, 1.82) is 0 Å². The first-order chi connectivity index (χ1) is 10.2. The molecule has 1 aromatic rings. The highest BCUT2D eigenvalue weighted by atomic mass is 35.5. The number of fused-ring (bicyclic) bond motifs is 1. The number of anilines is 1. The molecule has 21 heavy (non-hydrogen) atoms. The lowest BCUT2D eigenvalue weighted by Gasteiger charge is -2.07. The highest BCUT2D eigenvalue weighted by Gasteiger charge is 2.54. The van der Waals surface area contributed by atoms with Gasteiger partial charge in [0.15, 0.2) is 0 Å². The number of carbonyl (C=O) groups excluding carboxylic acids is 1. The van der Waals surface area contributed by atoms with Gasteiger partial charge >= 0.3 is 0 Å². The van der Waals surface area contributed by atoms with E-state index in [2.05, 4.69) is 17.2 Å². The molecule has 0 bridgehead atoms. The summed E-state index contributed by atoms with van der Waals surface area (Å²) in [5.74, 6) is 7.24. The number of benzene rings is 1. The maximum atomic E-state index is 12.4. The molecule has 1 aromatic carbocycles. The normalized spacial score (nSPS) is 26.3. The average Bonchev–Trinajstić information content (AvgIpc) is 3.22. The fourth-order valence-electron chi connectivity index (χ4n) is 3.45. The van der Waals surface area contributed by atoms with Crippen molar-refractivity contribution in [2.45, 2.75) is 25.7 Å². The van der Waals surface area contributed by atoms with Crippen LogP contribution in [0.1, 0.15) is 31.2 Å². The average molecular weight is 303 g/mol. The summed E-state index contributed by atoms with van der Waals surface area (Å²) in [5.41, 5.74) is 6.83. The zero-order chi connectivity index (χ0) is 14.8. The molecule has 0 spiro atoms. The van der Waals surface area contributed by atoms with Crippen molar-refractivity contribution in [1.82, 2.24) is 0 Å². The van der Waals surface area contributed by atoms with Gasteiger partial charge in [0.2, 0.25) is 5.91 Å². The Hall–Kier alpha value is -1.50. The van der Waals surface area contributed by atoms with Crippen LogP contribution in [0.4, 0.5) is 5.69 Å². The molecule has 110 valence electrons. The molecule has 0 saturated heterocycles. The molecule has 2 aliphatic carbocycles. The largest absolute Gasteiger partial charge is 0.324 e. The van der Waals surface area contributed by atoms with Crippen molar-refractivity contribution in [3.63, 3.8) is 0 Å². The van der Waals surface area contributed by atoms with Crippen LogP contribution in [-0.2, 0) is 4.79 Å². The number of amides is 1. The Balaban J connectivity index is 1.71. The summed E-state index contributed by atoms with van der Waals surface area (Å²) in [4.78, 5) is 12.4. The lowest BCUT2D eigenvalue weighted by molar-refractivity contribution is -0.117. The third kappa shape index (κ3) is 3.07. The molecule has 3 N–H and O–H groups in total. The number of nitrogens with two attached hydrogens (primary N) is 1. The van der Waals surface area contributed by atoms with Gasteiger partial charge in [0, 0.05) is 11.5 Å². The lowest BCUT2D eigenvalue weighted by Crippen LogP contribution is -2.15. The maximum absolute atomic E-state index is 12.4. The number of hydrogen-bond donors (Lipinski definition) is 2. The summed E-state index contributed by atoms with van der Waals surface area (Å²) in [6.45, 7) is 0.315. The van der Waals surface area contributed by atoms with E-state index >= 15 is 0 Å². The monoisotopic (exact) mass is 302 g/mol. The Kier molecular flexibility index (Phi) is 4.19. The van der Waals surface area contributed by atoms with E-state index in [0.29, 0.717) is 29.1 Å². The molecule has 2 unspecified atom stereocenters. The SMILES string of the molecule is NCC#Cc1ccc(Cl)c(NC(=O)C2C3CCCCC32)c1. The van der Waals surface area contributed by atoms with Crippen LogP contribution in [0.3, 0.4) is 0 Å². The lowest BCUT2D eigenvalue weighted by atomic mass is 10.0. The Morgan fingerprint density at radius 3 is 2.71 bits per heavy atom. The summed E-state index contributed by atoms with van der Waals surface area (Å²) >= 11 is 6.16. The smallest absolute Gasteiger partial charge is 0.228 e. The van der Waals surface area contributed by atoms with Crippen LogP contribution >= 0.6 is 11.6 Å². The Morgan fingerprint density at radius 1 is 1.33 bits per heavy atom. The van der Waals surface area contributed by atoms with Gasteiger partial charge in [-0.15, -0.1) is 0 Å². The second-order valence-corrected chi connectivity index (χ2v) is 6.23. The van der Waals surface area contributed by atoms with Gasteiger partial charge in [0.25, 0.3) is 0 Å². The quantitative estimate of drug-likeness (QED) is 0.825. The minimum Gasteiger partial charge on any atom is -0.324 e. The van der Waals surface area contributed by atoms with E-state index in [1.54, 1.807) is 6.07 Å². The van der Waals surface area contributed by atoms with Crippen molar-refractivity contribution in [3.05, 3.63) is 28.8 Å². The topological polar surface area (TPSA) is 55.1 Å². The fraction of sp³-hybridized carbons (Fsp3) is 0.471. The van der Waals surface area contributed by atoms with Gasteiger partial charge in [-0.05, 0) is 42.9 Å². The van der Waals surface area contributed by atoms with Gasteiger partial charge in [0.05, 0.1) is 17.3 Å². The molecular formula is C17H19ClN2O. The van der Waals surface area contributed by atoms with Crippen LogP contribution in [0, 0.1) is 29.6 Å². The number of carbonyl (C=O) groups is 1. The molecular weight excluding hydrogens is 284 g/mol. The second-order valence-electron chi connectivity index (χ2n) is 5.83. The van der Waals surface area contributed by atoms with Crippen LogP contribution in [-0.4, -0.2) is 12.5 Å². The molecule has 1 amide bonds. The van der Waals surface area contributed by atoms with E-state index in [0.717, 1.165) is 5.56 Å². The third-order valence-corrected chi connectivity index (χ3v) is 4.85. The third-order valence-electron chi connectivity index (χ3n) is 4.52. The molecule has 2 fully saturated rings. The molecule has 3 rings (SSSR count). The van der Waals surface area contributed by atoms with E-state index in [4.69, 9.17) is 17.3 Å². The van der Waals surface area contributed by atoms with Crippen molar-refractivity contribution < 1.29 is 4.79 Å². The van der Waals surface area contributed by atoms with Gasteiger partial charge in [-0.25, -0.2) is 0 Å². The first-order valence-electron chi connectivity index (χ1n) is 7.50. The standard InChI is InChI=1S/C17H19ClN2O/c18-14-8-7-11(4-3-9-19)10-15(14)20-17(21)16-12-5-1-2-6-13(12)16/h7-8,10,12-13,16H,1-2,5-6,9,19H2,(H,20,21).